The van der Waals surface area contributed by atoms with Gasteiger partial charge in [-0.15, -0.1) is 0 Å². The van der Waals surface area contributed by atoms with E-state index in [2.05, 4.69) is 6.92 Å². The van der Waals surface area contributed by atoms with Crippen LogP contribution < -0.4 is 0 Å². The van der Waals surface area contributed by atoms with Crippen LogP contribution >= 0.6 is 0 Å². The zero-order chi connectivity index (χ0) is 22.4. The Balaban J connectivity index is 2.47. The van der Waals surface area contributed by atoms with Crippen molar-refractivity contribution in [3.05, 3.63) is 35.4 Å². The summed E-state index contributed by atoms with van der Waals surface area (Å²) < 4.78 is 37.0. The molecule has 0 saturated heterocycles. The number of unbranched alkanes of at least 4 members (excludes halogenated alkanes) is 7. The molecule has 0 aromatic heterocycles. The quantitative estimate of drug-likeness (QED) is 0.182. The summed E-state index contributed by atoms with van der Waals surface area (Å²) in [6, 6.07) is 3.29. The fourth-order valence-corrected chi connectivity index (χ4v) is 3.37. The molecule has 1 rings (SSSR count). The lowest BCUT2D eigenvalue weighted by atomic mass is 9.82. The van der Waals surface area contributed by atoms with Crippen molar-refractivity contribution < 1.29 is 27.8 Å². The number of carbonyl (C=O) groups excluding carboxylic acids is 2. The summed E-state index contributed by atoms with van der Waals surface area (Å²) in [5.74, 6) is -3.25. The van der Waals surface area contributed by atoms with E-state index >= 15 is 0 Å². The average molecular weight is 427 g/mol. The first-order chi connectivity index (χ1) is 14.4. The topological polar surface area (TPSA) is 52.6 Å². The van der Waals surface area contributed by atoms with Gasteiger partial charge in [-0.1, -0.05) is 71.8 Å². The molecule has 0 atom stereocenters. The highest BCUT2D eigenvalue weighted by Crippen LogP contribution is 2.31. The third-order valence-corrected chi connectivity index (χ3v) is 5.57. The number of halogens is 2. The van der Waals surface area contributed by atoms with Gasteiger partial charge in [-0.2, -0.15) is 0 Å². The smallest absolute Gasteiger partial charge is 0.323 e. The highest BCUT2D eigenvalue weighted by atomic mass is 19.2. The molecule has 0 fully saturated rings. The molecule has 30 heavy (non-hydrogen) atoms. The fraction of sp³-hybridized carbons (Fsp3) is 0.667. The van der Waals surface area contributed by atoms with Crippen molar-refractivity contribution in [1.29, 1.82) is 0 Å². The lowest BCUT2D eigenvalue weighted by Crippen LogP contribution is -2.41. The standard InChI is InChI=1S/C24H36F2O4/c1-4-7-8-9-10-11-12-13-16-29-22(27)24(5-2,6-3)23(28)30-18-19-14-15-20(25)21(26)17-19/h14-15,17H,4-13,16,18H2,1-3H3. The largest absolute Gasteiger partial charge is 0.465 e. The monoisotopic (exact) mass is 426 g/mol. The molecule has 170 valence electrons. The molecule has 0 aliphatic carbocycles. The van der Waals surface area contributed by atoms with E-state index in [1.54, 1.807) is 13.8 Å². The van der Waals surface area contributed by atoms with Gasteiger partial charge in [-0.25, -0.2) is 8.78 Å². The van der Waals surface area contributed by atoms with Gasteiger partial charge in [-0.3, -0.25) is 9.59 Å². The molecule has 0 N–H and O–H groups in total. The van der Waals surface area contributed by atoms with Gasteiger partial charge in [0.15, 0.2) is 17.0 Å². The Bertz CT molecular complexity index is 657. The molecule has 1 aromatic carbocycles. The maximum absolute atomic E-state index is 13.3. The van der Waals surface area contributed by atoms with Gasteiger partial charge in [0, 0.05) is 0 Å². The molecular weight excluding hydrogens is 390 g/mol. The molecule has 0 radical (unpaired) electrons. The molecular formula is C24H36F2O4. The van der Waals surface area contributed by atoms with Gasteiger partial charge in [0.1, 0.15) is 6.61 Å². The van der Waals surface area contributed by atoms with Crippen molar-refractivity contribution in [1.82, 2.24) is 0 Å². The van der Waals surface area contributed by atoms with Crippen molar-refractivity contribution in [2.75, 3.05) is 6.61 Å². The summed E-state index contributed by atoms with van der Waals surface area (Å²) in [4.78, 5) is 25.3. The predicted octanol–water partition coefficient (Wildman–Crippen LogP) is 6.50. The van der Waals surface area contributed by atoms with Crippen LogP contribution in [0.1, 0.15) is 90.5 Å². The molecule has 0 saturated carbocycles. The molecule has 6 heteroatoms. The minimum atomic E-state index is -1.38. The first-order valence-electron chi connectivity index (χ1n) is 11.2. The second kappa shape index (κ2) is 14.1. The Morgan fingerprint density at radius 1 is 0.800 bits per heavy atom. The highest BCUT2D eigenvalue weighted by Gasteiger charge is 2.45. The Labute approximate surface area is 179 Å². The Morgan fingerprint density at radius 2 is 1.37 bits per heavy atom. The summed E-state index contributed by atoms with van der Waals surface area (Å²) in [6.07, 6.45) is 9.59. The van der Waals surface area contributed by atoms with Gasteiger partial charge < -0.3 is 9.47 Å². The molecule has 0 aliphatic heterocycles. The van der Waals surface area contributed by atoms with Gasteiger partial charge in [-0.05, 0) is 37.0 Å². The van der Waals surface area contributed by atoms with E-state index in [9.17, 15) is 18.4 Å². The van der Waals surface area contributed by atoms with E-state index in [0.717, 1.165) is 31.4 Å². The van der Waals surface area contributed by atoms with Crippen LogP contribution in [0.2, 0.25) is 0 Å². The van der Waals surface area contributed by atoms with E-state index in [1.807, 2.05) is 0 Å². The number of hydrogen-bond donors (Lipinski definition) is 0. The van der Waals surface area contributed by atoms with Crippen molar-refractivity contribution in [2.24, 2.45) is 5.41 Å². The SMILES string of the molecule is CCCCCCCCCCOC(=O)C(CC)(CC)C(=O)OCc1ccc(F)c(F)c1. The first kappa shape index (κ1) is 26.1. The number of rotatable bonds is 15. The molecule has 0 aliphatic rings. The Morgan fingerprint density at radius 3 is 1.93 bits per heavy atom. The average Bonchev–Trinajstić information content (AvgIpc) is 2.74. The summed E-state index contributed by atoms with van der Waals surface area (Å²) >= 11 is 0. The van der Waals surface area contributed by atoms with Crippen molar-refractivity contribution in [2.45, 2.75) is 91.6 Å². The number of carbonyl (C=O) groups is 2. The molecule has 0 spiro atoms. The number of hydrogen-bond acceptors (Lipinski definition) is 4. The van der Waals surface area contributed by atoms with Crippen LogP contribution in [-0.2, 0) is 25.7 Å². The third kappa shape index (κ3) is 8.04. The van der Waals surface area contributed by atoms with E-state index in [1.165, 1.54) is 38.2 Å². The molecule has 4 nitrogen and oxygen atoms in total. The predicted molar refractivity (Wildman–Crippen MR) is 113 cm³/mol. The van der Waals surface area contributed by atoms with Crippen LogP contribution in [0.5, 0.6) is 0 Å². The fourth-order valence-electron chi connectivity index (χ4n) is 3.37. The summed E-state index contributed by atoms with van der Waals surface area (Å²) in [5.41, 5.74) is -1.06. The second-order valence-electron chi connectivity index (χ2n) is 7.72. The Kier molecular flexibility index (Phi) is 12.2. The summed E-state index contributed by atoms with van der Waals surface area (Å²) in [5, 5.41) is 0. The van der Waals surface area contributed by atoms with Gasteiger partial charge in [0.05, 0.1) is 6.61 Å². The summed E-state index contributed by atoms with van der Waals surface area (Å²) in [7, 11) is 0. The van der Waals surface area contributed by atoms with Crippen molar-refractivity contribution >= 4 is 11.9 Å². The van der Waals surface area contributed by atoms with Crippen LogP contribution in [0.3, 0.4) is 0 Å². The van der Waals surface area contributed by atoms with Gasteiger partial charge >= 0.3 is 11.9 Å². The van der Waals surface area contributed by atoms with E-state index in [0.29, 0.717) is 5.56 Å². The van der Waals surface area contributed by atoms with Crippen LogP contribution in [0.15, 0.2) is 18.2 Å². The zero-order valence-corrected chi connectivity index (χ0v) is 18.6. The summed E-state index contributed by atoms with van der Waals surface area (Å²) in [6.45, 7) is 5.72. The normalized spacial score (nSPS) is 11.4. The van der Waals surface area contributed by atoms with Gasteiger partial charge in [0.25, 0.3) is 0 Å². The number of esters is 2. The van der Waals surface area contributed by atoms with Gasteiger partial charge in [0.2, 0.25) is 0 Å². The molecule has 0 heterocycles. The minimum absolute atomic E-state index is 0.233. The maximum atomic E-state index is 13.3. The van der Waals surface area contributed by atoms with Crippen molar-refractivity contribution in [3.8, 4) is 0 Å². The molecule has 0 amide bonds. The lowest BCUT2D eigenvalue weighted by molar-refractivity contribution is -0.174. The van der Waals surface area contributed by atoms with E-state index in [-0.39, 0.29) is 26.1 Å². The Hall–Kier alpha value is -1.98. The maximum Gasteiger partial charge on any atom is 0.323 e. The van der Waals surface area contributed by atoms with Crippen LogP contribution in [0.4, 0.5) is 8.78 Å². The highest BCUT2D eigenvalue weighted by molar-refractivity contribution is 5.99. The minimum Gasteiger partial charge on any atom is -0.465 e. The second-order valence-corrected chi connectivity index (χ2v) is 7.72. The number of ether oxygens (including phenoxy) is 2. The van der Waals surface area contributed by atoms with Crippen LogP contribution in [0.25, 0.3) is 0 Å². The number of benzene rings is 1. The molecule has 0 unspecified atom stereocenters. The molecule has 1 aromatic rings. The van der Waals surface area contributed by atoms with E-state index < -0.39 is 29.0 Å². The van der Waals surface area contributed by atoms with E-state index in [4.69, 9.17) is 9.47 Å². The zero-order valence-electron chi connectivity index (χ0n) is 18.6. The third-order valence-electron chi connectivity index (χ3n) is 5.57. The first-order valence-corrected chi connectivity index (χ1v) is 11.2. The molecule has 0 bridgehead atoms. The lowest BCUT2D eigenvalue weighted by Gasteiger charge is -2.27. The van der Waals surface area contributed by atoms with Crippen LogP contribution in [-0.4, -0.2) is 18.5 Å². The van der Waals surface area contributed by atoms with Crippen LogP contribution in [0, 0.1) is 17.0 Å². The van der Waals surface area contributed by atoms with Crippen molar-refractivity contribution in [3.63, 3.8) is 0 Å².